The van der Waals surface area contributed by atoms with Gasteiger partial charge in [-0.2, -0.15) is 0 Å². The van der Waals surface area contributed by atoms with E-state index < -0.39 is 0 Å². The minimum Gasteiger partial charge on any atom is -0.336 e. The zero-order chi connectivity index (χ0) is 19.4. The number of nitrogens with one attached hydrogen (secondary N) is 1. The number of benzene rings is 2. The molecule has 1 N–H and O–H groups in total. The van der Waals surface area contributed by atoms with Crippen LogP contribution in [-0.4, -0.2) is 54.3 Å². The molecule has 1 aliphatic heterocycles. The minimum absolute atomic E-state index is 0.0537. The highest BCUT2D eigenvalue weighted by Gasteiger charge is 2.23. The summed E-state index contributed by atoms with van der Waals surface area (Å²) >= 11 is 0. The molecule has 5 nitrogen and oxygen atoms in total. The Hall–Kier alpha value is -2.73. The van der Waals surface area contributed by atoms with E-state index in [1.54, 1.807) is 4.90 Å². The van der Waals surface area contributed by atoms with Crippen LogP contribution in [0, 0.1) is 19.7 Å². The molecule has 0 radical (unpaired) electrons. The number of anilines is 1. The van der Waals surface area contributed by atoms with Gasteiger partial charge in [0.1, 0.15) is 5.82 Å². The molecule has 0 atom stereocenters. The van der Waals surface area contributed by atoms with E-state index in [1.807, 2.05) is 36.9 Å². The smallest absolute Gasteiger partial charge is 0.253 e. The van der Waals surface area contributed by atoms with E-state index in [0.717, 1.165) is 16.8 Å². The molecule has 1 heterocycles. The molecule has 2 aromatic rings. The van der Waals surface area contributed by atoms with Gasteiger partial charge in [0.15, 0.2) is 0 Å². The van der Waals surface area contributed by atoms with Crippen molar-refractivity contribution in [1.29, 1.82) is 0 Å². The van der Waals surface area contributed by atoms with Crippen molar-refractivity contribution in [3.05, 3.63) is 65.0 Å². The average molecular weight is 369 g/mol. The third-order valence-corrected chi connectivity index (χ3v) is 5.00. The van der Waals surface area contributed by atoms with Crippen molar-refractivity contribution in [2.24, 2.45) is 0 Å². The summed E-state index contributed by atoms with van der Waals surface area (Å²) in [6.07, 6.45) is 0. The van der Waals surface area contributed by atoms with Crippen LogP contribution in [0.25, 0.3) is 0 Å². The fourth-order valence-electron chi connectivity index (χ4n) is 3.16. The number of halogens is 1. The predicted octanol–water partition coefficient (Wildman–Crippen LogP) is 2.84. The van der Waals surface area contributed by atoms with Gasteiger partial charge in [0, 0.05) is 37.4 Å². The average Bonchev–Trinajstić information content (AvgIpc) is 2.66. The SMILES string of the molecule is Cc1cccc(NC(=O)CN2CCN(C(=O)c3ccc(F)cc3)CC2)c1C. The number of hydrogen-bond acceptors (Lipinski definition) is 3. The van der Waals surface area contributed by atoms with Gasteiger partial charge in [0.25, 0.3) is 5.91 Å². The van der Waals surface area contributed by atoms with E-state index >= 15 is 0 Å². The zero-order valence-corrected chi connectivity index (χ0v) is 15.7. The second-order valence-electron chi connectivity index (χ2n) is 6.87. The monoisotopic (exact) mass is 369 g/mol. The van der Waals surface area contributed by atoms with E-state index in [4.69, 9.17) is 0 Å². The lowest BCUT2D eigenvalue weighted by atomic mass is 10.1. The maximum Gasteiger partial charge on any atom is 0.253 e. The van der Waals surface area contributed by atoms with Crippen molar-refractivity contribution < 1.29 is 14.0 Å². The Morgan fingerprint density at radius 1 is 1.00 bits per heavy atom. The molecule has 0 unspecified atom stereocenters. The molecule has 1 fully saturated rings. The fourth-order valence-corrected chi connectivity index (χ4v) is 3.16. The van der Waals surface area contributed by atoms with Crippen LogP contribution in [-0.2, 0) is 4.79 Å². The Morgan fingerprint density at radius 2 is 1.67 bits per heavy atom. The molecule has 1 aliphatic rings. The first-order valence-electron chi connectivity index (χ1n) is 9.07. The molecule has 0 saturated carbocycles. The van der Waals surface area contributed by atoms with Crippen LogP contribution in [0.5, 0.6) is 0 Å². The molecule has 0 bridgehead atoms. The standard InChI is InChI=1S/C21H24FN3O2/c1-15-4-3-5-19(16(15)2)23-20(26)14-24-10-12-25(13-11-24)21(27)17-6-8-18(22)9-7-17/h3-9H,10-14H2,1-2H3,(H,23,26). The predicted molar refractivity (Wildman–Crippen MR) is 103 cm³/mol. The summed E-state index contributed by atoms with van der Waals surface area (Å²) in [5, 5.41) is 2.97. The number of amides is 2. The third-order valence-electron chi connectivity index (χ3n) is 5.00. The van der Waals surface area contributed by atoms with Crippen molar-refractivity contribution in [2.45, 2.75) is 13.8 Å². The molecular weight excluding hydrogens is 345 g/mol. The summed E-state index contributed by atoms with van der Waals surface area (Å²) in [6.45, 7) is 6.67. The normalized spacial score (nSPS) is 14.9. The van der Waals surface area contributed by atoms with Gasteiger partial charge in [-0.15, -0.1) is 0 Å². The molecule has 142 valence electrons. The summed E-state index contributed by atoms with van der Waals surface area (Å²) in [7, 11) is 0. The number of carbonyl (C=O) groups is 2. The highest BCUT2D eigenvalue weighted by Crippen LogP contribution is 2.18. The van der Waals surface area contributed by atoms with Gasteiger partial charge >= 0.3 is 0 Å². The van der Waals surface area contributed by atoms with Gasteiger partial charge in [-0.3, -0.25) is 14.5 Å². The summed E-state index contributed by atoms with van der Waals surface area (Å²) in [6, 6.07) is 11.4. The van der Waals surface area contributed by atoms with Crippen LogP contribution in [0.3, 0.4) is 0 Å². The van der Waals surface area contributed by atoms with E-state index in [9.17, 15) is 14.0 Å². The number of piperazine rings is 1. The first-order valence-corrected chi connectivity index (χ1v) is 9.07. The van der Waals surface area contributed by atoms with Crippen LogP contribution in [0.4, 0.5) is 10.1 Å². The van der Waals surface area contributed by atoms with Gasteiger partial charge in [-0.25, -0.2) is 4.39 Å². The molecule has 0 spiro atoms. The van der Waals surface area contributed by atoms with Crippen molar-refractivity contribution in [3.63, 3.8) is 0 Å². The Labute approximate surface area is 158 Å². The lowest BCUT2D eigenvalue weighted by molar-refractivity contribution is -0.117. The van der Waals surface area contributed by atoms with Crippen molar-refractivity contribution in [3.8, 4) is 0 Å². The highest BCUT2D eigenvalue weighted by molar-refractivity contribution is 5.94. The van der Waals surface area contributed by atoms with E-state index in [1.165, 1.54) is 24.3 Å². The molecule has 1 saturated heterocycles. The van der Waals surface area contributed by atoms with E-state index in [-0.39, 0.29) is 17.6 Å². The van der Waals surface area contributed by atoms with Crippen LogP contribution < -0.4 is 5.32 Å². The molecule has 6 heteroatoms. The third kappa shape index (κ3) is 4.71. The minimum atomic E-state index is -0.355. The number of rotatable bonds is 4. The van der Waals surface area contributed by atoms with Gasteiger partial charge in [-0.05, 0) is 55.3 Å². The van der Waals surface area contributed by atoms with Gasteiger partial charge in [-0.1, -0.05) is 12.1 Å². The lowest BCUT2D eigenvalue weighted by Crippen LogP contribution is -2.50. The largest absolute Gasteiger partial charge is 0.336 e. The molecule has 0 aliphatic carbocycles. The first kappa shape index (κ1) is 19.0. The van der Waals surface area contributed by atoms with E-state index in [2.05, 4.69) is 5.32 Å². The maximum absolute atomic E-state index is 13.0. The van der Waals surface area contributed by atoms with E-state index in [0.29, 0.717) is 38.3 Å². The van der Waals surface area contributed by atoms with Crippen LogP contribution in [0.15, 0.2) is 42.5 Å². The van der Waals surface area contributed by atoms with Crippen molar-refractivity contribution in [1.82, 2.24) is 9.80 Å². The second-order valence-corrected chi connectivity index (χ2v) is 6.87. The lowest BCUT2D eigenvalue weighted by Gasteiger charge is -2.34. The van der Waals surface area contributed by atoms with Gasteiger partial charge in [0.2, 0.25) is 5.91 Å². The number of nitrogens with zero attached hydrogens (tertiary/aromatic N) is 2. The van der Waals surface area contributed by atoms with Crippen LogP contribution in [0.2, 0.25) is 0 Å². The van der Waals surface area contributed by atoms with Gasteiger partial charge in [0.05, 0.1) is 6.54 Å². The molecule has 27 heavy (non-hydrogen) atoms. The highest BCUT2D eigenvalue weighted by atomic mass is 19.1. The number of aryl methyl sites for hydroxylation is 1. The van der Waals surface area contributed by atoms with Crippen molar-refractivity contribution >= 4 is 17.5 Å². The molecule has 0 aromatic heterocycles. The van der Waals surface area contributed by atoms with Crippen LogP contribution in [0.1, 0.15) is 21.5 Å². The quantitative estimate of drug-likeness (QED) is 0.902. The Bertz CT molecular complexity index is 828. The van der Waals surface area contributed by atoms with Crippen molar-refractivity contribution in [2.75, 3.05) is 38.0 Å². The van der Waals surface area contributed by atoms with Crippen LogP contribution >= 0.6 is 0 Å². The maximum atomic E-state index is 13.0. The van der Waals surface area contributed by atoms with Gasteiger partial charge < -0.3 is 10.2 Å². The zero-order valence-electron chi connectivity index (χ0n) is 15.7. The number of carbonyl (C=O) groups excluding carboxylic acids is 2. The Morgan fingerprint density at radius 3 is 2.33 bits per heavy atom. The summed E-state index contributed by atoms with van der Waals surface area (Å²) in [5.74, 6) is -0.511. The first-order chi connectivity index (χ1) is 12.9. The summed E-state index contributed by atoms with van der Waals surface area (Å²) < 4.78 is 13.0. The molecular formula is C21H24FN3O2. The second kappa shape index (κ2) is 8.31. The molecule has 2 amide bonds. The number of hydrogen-bond donors (Lipinski definition) is 1. The topological polar surface area (TPSA) is 52.7 Å². The summed E-state index contributed by atoms with van der Waals surface area (Å²) in [4.78, 5) is 28.6. The molecule has 3 rings (SSSR count). The molecule has 2 aromatic carbocycles. The Kier molecular flexibility index (Phi) is 5.86. The fraction of sp³-hybridized carbons (Fsp3) is 0.333. The summed E-state index contributed by atoms with van der Waals surface area (Å²) in [5.41, 5.74) is 3.53. The Balaban J connectivity index is 1.50.